The molecule has 0 amide bonds. The van der Waals surface area contributed by atoms with Gasteiger partial charge in [0.15, 0.2) is 0 Å². The van der Waals surface area contributed by atoms with Gasteiger partial charge in [0.2, 0.25) is 5.95 Å². The van der Waals surface area contributed by atoms with E-state index in [1.165, 1.54) is 12.3 Å². The Hall–Kier alpha value is -3.21. The second-order valence-corrected chi connectivity index (χ2v) is 5.28. The van der Waals surface area contributed by atoms with E-state index in [1.807, 2.05) is 53.2 Å². The summed E-state index contributed by atoms with van der Waals surface area (Å²) in [7, 11) is 0. The Morgan fingerprint density at radius 2 is 1.61 bits per heavy atom. The summed E-state index contributed by atoms with van der Waals surface area (Å²) in [6, 6.07) is 14.6. The van der Waals surface area contributed by atoms with Crippen molar-refractivity contribution in [3.8, 4) is 22.4 Å². The Kier molecular flexibility index (Phi) is 3.05. The smallest absolute Gasteiger partial charge is 0.212 e. The summed E-state index contributed by atoms with van der Waals surface area (Å²) >= 11 is 0. The average Bonchev–Trinajstić information content (AvgIpc) is 2.99. The van der Waals surface area contributed by atoms with Crippen molar-refractivity contribution >= 4 is 11.3 Å². The summed E-state index contributed by atoms with van der Waals surface area (Å²) < 4.78 is 14.9. The highest BCUT2D eigenvalue weighted by molar-refractivity contribution is 5.70. The number of hydrogen-bond donors (Lipinski definition) is 1. The average molecular weight is 304 g/mol. The highest BCUT2D eigenvalue weighted by atomic mass is 19.1. The molecular weight excluding hydrogens is 291 g/mol. The second kappa shape index (κ2) is 5.21. The Morgan fingerprint density at radius 3 is 2.35 bits per heavy atom. The quantitative estimate of drug-likeness (QED) is 0.453. The third kappa shape index (κ3) is 2.42. The molecular formula is C18H13FN4. The minimum atomic E-state index is -0.485. The predicted molar refractivity (Wildman–Crippen MR) is 88.2 cm³/mol. The van der Waals surface area contributed by atoms with Gasteiger partial charge >= 0.3 is 0 Å². The van der Waals surface area contributed by atoms with E-state index in [2.05, 4.69) is 9.97 Å². The molecule has 4 nitrogen and oxygen atoms in total. The molecule has 0 aliphatic rings. The maximum absolute atomic E-state index is 12.9. The first-order valence-electron chi connectivity index (χ1n) is 7.16. The van der Waals surface area contributed by atoms with Crippen molar-refractivity contribution in [3.63, 3.8) is 0 Å². The standard InChI is InChI=1S/C18H13FN4/c19-17-6-3-14(10-21-17)13-7-8-23-16(11-22-18(23)9-13)12-1-4-15(20)5-2-12/h1-11H,20H2. The number of nitrogens with zero attached hydrogens (tertiary/aromatic N) is 3. The number of anilines is 1. The van der Waals surface area contributed by atoms with Crippen LogP contribution in [0.2, 0.25) is 0 Å². The van der Waals surface area contributed by atoms with E-state index in [1.54, 1.807) is 6.07 Å². The molecule has 0 radical (unpaired) electrons. The fourth-order valence-electron chi connectivity index (χ4n) is 2.57. The van der Waals surface area contributed by atoms with Crippen molar-refractivity contribution in [1.82, 2.24) is 14.4 Å². The molecule has 0 atom stereocenters. The van der Waals surface area contributed by atoms with Crippen molar-refractivity contribution in [2.45, 2.75) is 0 Å². The molecule has 0 saturated carbocycles. The van der Waals surface area contributed by atoms with E-state index < -0.39 is 5.95 Å². The summed E-state index contributed by atoms with van der Waals surface area (Å²) in [5.41, 5.74) is 11.1. The van der Waals surface area contributed by atoms with Crippen molar-refractivity contribution in [1.29, 1.82) is 0 Å². The van der Waals surface area contributed by atoms with E-state index in [0.29, 0.717) is 0 Å². The molecule has 0 unspecified atom stereocenters. The van der Waals surface area contributed by atoms with Crippen LogP contribution in [0, 0.1) is 5.95 Å². The van der Waals surface area contributed by atoms with E-state index in [0.717, 1.165) is 33.7 Å². The number of hydrogen-bond acceptors (Lipinski definition) is 3. The van der Waals surface area contributed by atoms with Gasteiger partial charge in [-0.05, 0) is 42.0 Å². The number of rotatable bonds is 2. The minimum absolute atomic E-state index is 0.485. The van der Waals surface area contributed by atoms with E-state index in [9.17, 15) is 4.39 Å². The number of halogens is 1. The van der Waals surface area contributed by atoms with Gasteiger partial charge in [0, 0.05) is 29.2 Å². The zero-order chi connectivity index (χ0) is 15.8. The van der Waals surface area contributed by atoms with Crippen LogP contribution >= 0.6 is 0 Å². The first kappa shape index (κ1) is 13.5. The fourth-order valence-corrected chi connectivity index (χ4v) is 2.57. The third-order valence-corrected chi connectivity index (χ3v) is 3.78. The summed E-state index contributed by atoms with van der Waals surface area (Å²) in [5, 5.41) is 0. The van der Waals surface area contributed by atoms with Crippen LogP contribution in [-0.2, 0) is 0 Å². The highest BCUT2D eigenvalue weighted by Crippen LogP contribution is 2.25. The van der Waals surface area contributed by atoms with Crippen LogP contribution in [0.4, 0.5) is 10.1 Å². The molecule has 0 aliphatic heterocycles. The lowest BCUT2D eigenvalue weighted by Crippen LogP contribution is -1.90. The maximum atomic E-state index is 12.9. The van der Waals surface area contributed by atoms with Crippen LogP contribution in [0.5, 0.6) is 0 Å². The molecule has 4 aromatic rings. The molecule has 0 bridgehead atoms. The van der Waals surface area contributed by atoms with Gasteiger partial charge in [-0.15, -0.1) is 0 Å². The van der Waals surface area contributed by atoms with Crippen molar-refractivity contribution in [2.75, 3.05) is 5.73 Å². The number of nitrogen functional groups attached to an aromatic ring is 1. The Morgan fingerprint density at radius 1 is 0.826 bits per heavy atom. The molecule has 3 heterocycles. The van der Waals surface area contributed by atoms with Gasteiger partial charge in [-0.2, -0.15) is 4.39 Å². The lowest BCUT2D eigenvalue weighted by Gasteiger charge is -2.05. The topological polar surface area (TPSA) is 56.2 Å². The van der Waals surface area contributed by atoms with Crippen molar-refractivity contribution in [3.05, 3.63) is 73.1 Å². The zero-order valence-electron chi connectivity index (χ0n) is 12.1. The molecule has 0 spiro atoms. The lowest BCUT2D eigenvalue weighted by atomic mass is 10.1. The van der Waals surface area contributed by atoms with Gasteiger partial charge in [0.05, 0.1) is 11.9 Å². The molecule has 2 N–H and O–H groups in total. The molecule has 112 valence electrons. The number of imidazole rings is 1. The highest BCUT2D eigenvalue weighted by Gasteiger charge is 2.07. The Bertz CT molecular complexity index is 972. The molecule has 5 heteroatoms. The van der Waals surface area contributed by atoms with Crippen LogP contribution in [0.15, 0.2) is 67.1 Å². The molecule has 0 saturated heterocycles. The molecule has 0 fully saturated rings. The van der Waals surface area contributed by atoms with E-state index >= 15 is 0 Å². The van der Waals surface area contributed by atoms with Crippen LogP contribution in [0.25, 0.3) is 28.0 Å². The maximum Gasteiger partial charge on any atom is 0.212 e. The van der Waals surface area contributed by atoms with Gasteiger partial charge in [-0.25, -0.2) is 9.97 Å². The number of fused-ring (bicyclic) bond motifs is 1. The number of aromatic nitrogens is 3. The summed E-state index contributed by atoms with van der Waals surface area (Å²) in [5.74, 6) is -0.485. The number of benzene rings is 1. The largest absolute Gasteiger partial charge is 0.399 e. The minimum Gasteiger partial charge on any atom is -0.399 e. The summed E-state index contributed by atoms with van der Waals surface area (Å²) in [4.78, 5) is 8.15. The fraction of sp³-hybridized carbons (Fsp3) is 0. The molecule has 4 rings (SSSR count). The normalized spacial score (nSPS) is 11.0. The number of nitrogens with two attached hydrogens (primary N) is 1. The molecule has 23 heavy (non-hydrogen) atoms. The molecule has 1 aromatic carbocycles. The predicted octanol–water partition coefficient (Wildman–Crippen LogP) is 3.78. The Labute approximate surface area is 132 Å². The number of pyridine rings is 2. The Balaban J connectivity index is 1.79. The van der Waals surface area contributed by atoms with Gasteiger partial charge in [0.1, 0.15) is 5.65 Å². The van der Waals surface area contributed by atoms with Crippen LogP contribution in [0.1, 0.15) is 0 Å². The lowest BCUT2D eigenvalue weighted by molar-refractivity contribution is 0.584. The second-order valence-electron chi connectivity index (χ2n) is 5.28. The van der Waals surface area contributed by atoms with Crippen LogP contribution in [0.3, 0.4) is 0 Å². The molecule has 3 aromatic heterocycles. The first-order chi connectivity index (χ1) is 11.2. The van der Waals surface area contributed by atoms with Gasteiger partial charge in [-0.3, -0.25) is 4.40 Å². The monoisotopic (exact) mass is 304 g/mol. The van der Waals surface area contributed by atoms with Crippen molar-refractivity contribution < 1.29 is 4.39 Å². The summed E-state index contributed by atoms with van der Waals surface area (Å²) in [6.45, 7) is 0. The van der Waals surface area contributed by atoms with Gasteiger partial charge in [-0.1, -0.05) is 12.1 Å². The third-order valence-electron chi connectivity index (χ3n) is 3.78. The van der Waals surface area contributed by atoms with E-state index in [-0.39, 0.29) is 0 Å². The van der Waals surface area contributed by atoms with Gasteiger partial charge < -0.3 is 5.73 Å². The summed E-state index contributed by atoms with van der Waals surface area (Å²) in [6.07, 6.45) is 5.30. The first-order valence-corrected chi connectivity index (χ1v) is 7.16. The van der Waals surface area contributed by atoms with E-state index in [4.69, 9.17) is 5.73 Å². The van der Waals surface area contributed by atoms with Gasteiger partial charge in [0.25, 0.3) is 0 Å². The molecule has 0 aliphatic carbocycles. The zero-order valence-corrected chi connectivity index (χ0v) is 12.1. The SMILES string of the molecule is Nc1ccc(-c2cnc3cc(-c4ccc(F)nc4)ccn23)cc1. The van der Waals surface area contributed by atoms with Crippen LogP contribution < -0.4 is 5.73 Å². The van der Waals surface area contributed by atoms with Crippen molar-refractivity contribution in [2.24, 2.45) is 0 Å². The van der Waals surface area contributed by atoms with Crippen LogP contribution in [-0.4, -0.2) is 14.4 Å².